The first-order valence-electron chi connectivity index (χ1n) is 8.79. The van der Waals surface area contributed by atoms with Crippen molar-refractivity contribution in [1.82, 2.24) is 10.2 Å². The van der Waals surface area contributed by atoms with E-state index in [9.17, 15) is 4.39 Å². The molecule has 0 amide bonds. The van der Waals surface area contributed by atoms with Gasteiger partial charge in [-0.25, -0.2) is 4.39 Å². The summed E-state index contributed by atoms with van der Waals surface area (Å²) in [4.78, 5) is 2.51. The van der Waals surface area contributed by atoms with Gasteiger partial charge < -0.3 is 4.74 Å². The van der Waals surface area contributed by atoms with Crippen LogP contribution in [-0.2, 0) is 4.74 Å². The summed E-state index contributed by atoms with van der Waals surface area (Å²) in [5.74, 6) is 0. The van der Waals surface area contributed by atoms with Gasteiger partial charge in [0.1, 0.15) is 6.17 Å². The van der Waals surface area contributed by atoms with Crippen LogP contribution >= 0.6 is 0 Å². The molecule has 3 fully saturated rings. The summed E-state index contributed by atoms with van der Waals surface area (Å²) in [7, 11) is 0. The third kappa shape index (κ3) is 3.43. The molecule has 2 aliphatic carbocycles. The van der Waals surface area contributed by atoms with E-state index in [-0.39, 0.29) is 18.0 Å². The number of halogens is 1. The first-order valence-corrected chi connectivity index (χ1v) is 8.79. The Bertz CT molecular complexity index is 357. The second-order valence-electron chi connectivity index (χ2n) is 8.08. The molecule has 0 aromatic carbocycles. The molecule has 3 nitrogen and oxygen atoms in total. The van der Waals surface area contributed by atoms with Gasteiger partial charge in [0.15, 0.2) is 6.35 Å². The van der Waals surface area contributed by atoms with Crippen molar-refractivity contribution in [3.8, 4) is 0 Å². The van der Waals surface area contributed by atoms with E-state index < -0.39 is 6.17 Å². The molecule has 0 bridgehead atoms. The van der Waals surface area contributed by atoms with Crippen molar-refractivity contribution >= 4 is 0 Å². The second kappa shape index (κ2) is 6.13. The van der Waals surface area contributed by atoms with Crippen molar-refractivity contribution in [3.05, 3.63) is 0 Å². The van der Waals surface area contributed by atoms with Crippen LogP contribution in [0.15, 0.2) is 0 Å². The molecule has 1 aliphatic heterocycles. The van der Waals surface area contributed by atoms with Crippen LogP contribution in [0.4, 0.5) is 4.39 Å². The number of hydrogen-bond acceptors (Lipinski definition) is 3. The molecule has 1 heterocycles. The average Bonchev–Trinajstić information content (AvgIpc) is 2.76. The number of alkyl halides is 1. The van der Waals surface area contributed by atoms with Gasteiger partial charge in [0.2, 0.25) is 0 Å². The number of rotatable bonds is 2. The summed E-state index contributed by atoms with van der Waals surface area (Å²) in [6.07, 6.45) is 7.76. The highest BCUT2D eigenvalue weighted by molar-refractivity contribution is 5.00. The van der Waals surface area contributed by atoms with Gasteiger partial charge in [0.05, 0.1) is 6.10 Å². The SMILES string of the molecule is CC(C)(C)N1C(OC2CCCC(F)C2)NC2CCCCC21. The zero-order valence-corrected chi connectivity index (χ0v) is 13.8. The van der Waals surface area contributed by atoms with Gasteiger partial charge in [0.25, 0.3) is 0 Å². The van der Waals surface area contributed by atoms with Gasteiger partial charge in [-0.15, -0.1) is 0 Å². The Morgan fingerprint density at radius 2 is 1.81 bits per heavy atom. The van der Waals surface area contributed by atoms with E-state index in [1.165, 1.54) is 25.7 Å². The van der Waals surface area contributed by atoms with Gasteiger partial charge >= 0.3 is 0 Å². The van der Waals surface area contributed by atoms with Crippen LogP contribution < -0.4 is 5.32 Å². The standard InChI is InChI=1S/C17H31FN2O/c1-17(2,3)20-15-10-5-4-9-14(15)19-16(20)21-13-8-6-7-12(18)11-13/h12-16,19H,4-11H2,1-3H3. The van der Waals surface area contributed by atoms with Gasteiger partial charge in [0, 0.05) is 24.0 Å². The smallest absolute Gasteiger partial charge is 0.167 e. The molecule has 0 aromatic heterocycles. The lowest BCUT2D eigenvalue weighted by Crippen LogP contribution is -2.53. The highest BCUT2D eigenvalue weighted by Gasteiger charge is 2.47. The van der Waals surface area contributed by atoms with E-state index in [1.54, 1.807) is 0 Å². The van der Waals surface area contributed by atoms with Crippen LogP contribution in [0.3, 0.4) is 0 Å². The molecule has 0 spiro atoms. The Morgan fingerprint density at radius 3 is 2.52 bits per heavy atom. The van der Waals surface area contributed by atoms with Crippen molar-refractivity contribution < 1.29 is 9.13 Å². The summed E-state index contributed by atoms with van der Waals surface area (Å²) < 4.78 is 19.9. The molecular formula is C17H31FN2O. The van der Waals surface area contributed by atoms with E-state index in [2.05, 4.69) is 31.0 Å². The van der Waals surface area contributed by atoms with Crippen LogP contribution in [0, 0.1) is 0 Å². The van der Waals surface area contributed by atoms with E-state index in [4.69, 9.17) is 4.74 Å². The van der Waals surface area contributed by atoms with Crippen LogP contribution in [0.1, 0.15) is 72.1 Å². The highest BCUT2D eigenvalue weighted by atomic mass is 19.1. The fraction of sp³-hybridized carbons (Fsp3) is 1.00. The second-order valence-corrected chi connectivity index (χ2v) is 8.08. The molecule has 5 atom stereocenters. The van der Waals surface area contributed by atoms with Crippen LogP contribution in [0.25, 0.3) is 0 Å². The molecule has 2 saturated carbocycles. The predicted molar refractivity (Wildman–Crippen MR) is 82.8 cm³/mol. The molecule has 21 heavy (non-hydrogen) atoms. The van der Waals surface area contributed by atoms with E-state index >= 15 is 0 Å². The molecular weight excluding hydrogens is 267 g/mol. The first kappa shape index (κ1) is 15.7. The quantitative estimate of drug-likeness (QED) is 0.843. The fourth-order valence-corrected chi connectivity index (χ4v) is 4.42. The van der Waals surface area contributed by atoms with Crippen molar-refractivity contribution in [3.63, 3.8) is 0 Å². The number of ether oxygens (including phenoxy) is 1. The number of nitrogens with zero attached hydrogens (tertiary/aromatic N) is 1. The zero-order chi connectivity index (χ0) is 15.0. The Morgan fingerprint density at radius 1 is 1.05 bits per heavy atom. The summed E-state index contributed by atoms with van der Waals surface area (Å²) >= 11 is 0. The normalized spacial score (nSPS) is 42.0. The third-order valence-electron chi connectivity index (χ3n) is 5.35. The Balaban J connectivity index is 1.70. The minimum atomic E-state index is -0.671. The van der Waals surface area contributed by atoms with E-state index in [0.29, 0.717) is 24.9 Å². The first-order chi connectivity index (χ1) is 9.95. The summed E-state index contributed by atoms with van der Waals surface area (Å²) in [6.45, 7) is 6.79. The van der Waals surface area contributed by atoms with E-state index in [1.807, 2.05) is 0 Å². The van der Waals surface area contributed by atoms with Crippen molar-refractivity contribution in [2.24, 2.45) is 0 Å². The topological polar surface area (TPSA) is 24.5 Å². The number of hydrogen-bond donors (Lipinski definition) is 1. The Kier molecular flexibility index (Phi) is 4.58. The van der Waals surface area contributed by atoms with Crippen molar-refractivity contribution in [2.45, 2.75) is 108 Å². The number of nitrogens with one attached hydrogen (secondary N) is 1. The van der Waals surface area contributed by atoms with Crippen molar-refractivity contribution in [1.29, 1.82) is 0 Å². The Labute approximate surface area is 128 Å². The molecule has 0 aromatic rings. The molecule has 122 valence electrons. The lowest BCUT2D eigenvalue weighted by molar-refractivity contribution is -0.142. The van der Waals surface area contributed by atoms with Gasteiger partial charge in [-0.2, -0.15) is 0 Å². The molecule has 1 saturated heterocycles. The summed E-state index contributed by atoms with van der Waals surface area (Å²) in [5, 5.41) is 3.69. The maximum atomic E-state index is 13.6. The lowest BCUT2D eigenvalue weighted by Gasteiger charge is -2.42. The molecule has 5 unspecified atom stereocenters. The minimum absolute atomic E-state index is 0.0339. The average molecular weight is 298 g/mol. The van der Waals surface area contributed by atoms with Gasteiger partial charge in [-0.1, -0.05) is 12.8 Å². The number of fused-ring (bicyclic) bond motifs is 1. The Hall–Kier alpha value is -0.190. The molecule has 3 aliphatic rings. The maximum Gasteiger partial charge on any atom is 0.167 e. The zero-order valence-electron chi connectivity index (χ0n) is 13.8. The van der Waals surface area contributed by atoms with Crippen LogP contribution in [0.5, 0.6) is 0 Å². The van der Waals surface area contributed by atoms with Crippen LogP contribution in [-0.4, -0.2) is 41.1 Å². The molecule has 0 radical (unpaired) electrons. The largest absolute Gasteiger partial charge is 0.346 e. The molecule has 1 N–H and O–H groups in total. The minimum Gasteiger partial charge on any atom is -0.346 e. The summed E-state index contributed by atoms with van der Waals surface area (Å²) in [5.41, 5.74) is 0.0816. The monoisotopic (exact) mass is 298 g/mol. The maximum absolute atomic E-state index is 13.6. The van der Waals surface area contributed by atoms with Gasteiger partial charge in [-0.05, 0) is 52.9 Å². The van der Waals surface area contributed by atoms with Crippen molar-refractivity contribution in [2.75, 3.05) is 0 Å². The lowest BCUT2D eigenvalue weighted by atomic mass is 9.89. The fourth-order valence-electron chi connectivity index (χ4n) is 4.42. The van der Waals surface area contributed by atoms with E-state index in [0.717, 1.165) is 12.8 Å². The third-order valence-corrected chi connectivity index (χ3v) is 5.35. The highest BCUT2D eigenvalue weighted by Crippen LogP contribution is 2.36. The molecule has 3 rings (SSSR count). The summed E-state index contributed by atoms with van der Waals surface area (Å²) in [6, 6.07) is 1.13. The predicted octanol–water partition coefficient (Wildman–Crippen LogP) is 3.58. The molecule has 4 heteroatoms. The van der Waals surface area contributed by atoms with Crippen LogP contribution in [0.2, 0.25) is 0 Å². The van der Waals surface area contributed by atoms with Gasteiger partial charge in [-0.3, -0.25) is 10.2 Å².